The minimum Gasteiger partial charge on any atom is -0.327 e. The van der Waals surface area contributed by atoms with Crippen LogP contribution in [0.3, 0.4) is 0 Å². The zero-order valence-electron chi connectivity index (χ0n) is 12.9. The summed E-state index contributed by atoms with van der Waals surface area (Å²) in [5.41, 5.74) is 9.50. The molecule has 1 aliphatic rings. The van der Waals surface area contributed by atoms with Crippen molar-refractivity contribution in [3.8, 4) is 0 Å². The average Bonchev–Trinajstić information content (AvgIpc) is 2.38. The second kappa shape index (κ2) is 5.66. The van der Waals surface area contributed by atoms with Crippen LogP contribution in [0.25, 0.3) is 0 Å². The van der Waals surface area contributed by atoms with Gasteiger partial charge in [0.25, 0.3) is 0 Å². The third kappa shape index (κ3) is 3.02. The van der Waals surface area contributed by atoms with Crippen LogP contribution in [0.5, 0.6) is 0 Å². The van der Waals surface area contributed by atoms with E-state index in [1.54, 1.807) is 0 Å². The minimum atomic E-state index is 0.186. The van der Waals surface area contributed by atoms with Crippen LogP contribution in [0.15, 0.2) is 24.3 Å². The molecule has 106 valence electrons. The summed E-state index contributed by atoms with van der Waals surface area (Å²) < 4.78 is 0. The van der Waals surface area contributed by atoms with Gasteiger partial charge in [-0.15, -0.1) is 0 Å². The fraction of sp³-hybridized carbons (Fsp3) is 0.667. The molecule has 0 amide bonds. The van der Waals surface area contributed by atoms with E-state index < -0.39 is 0 Å². The van der Waals surface area contributed by atoms with Gasteiger partial charge in [-0.05, 0) is 47.6 Å². The monoisotopic (exact) mass is 259 g/mol. The number of hydrogen-bond donors (Lipinski definition) is 1. The molecule has 0 spiro atoms. The number of nitrogens with two attached hydrogens (primary N) is 1. The predicted molar refractivity (Wildman–Crippen MR) is 83.3 cm³/mol. The van der Waals surface area contributed by atoms with E-state index in [1.807, 2.05) is 0 Å². The van der Waals surface area contributed by atoms with E-state index in [0.29, 0.717) is 12.0 Å². The normalized spacial score (nSPS) is 28.4. The maximum absolute atomic E-state index is 6.45. The second-order valence-corrected chi connectivity index (χ2v) is 6.96. The molecule has 1 heteroatoms. The van der Waals surface area contributed by atoms with Crippen molar-refractivity contribution in [1.29, 1.82) is 0 Å². The highest BCUT2D eigenvalue weighted by Gasteiger charge is 2.38. The molecule has 1 saturated carbocycles. The zero-order valence-corrected chi connectivity index (χ0v) is 12.9. The van der Waals surface area contributed by atoms with Crippen LogP contribution < -0.4 is 5.73 Å². The highest BCUT2D eigenvalue weighted by atomic mass is 14.7. The topological polar surface area (TPSA) is 26.0 Å². The van der Waals surface area contributed by atoms with Gasteiger partial charge in [-0.3, -0.25) is 0 Å². The van der Waals surface area contributed by atoms with Crippen molar-refractivity contribution in [2.24, 2.45) is 17.6 Å². The number of rotatable bonds is 3. The molecule has 1 aromatic carbocycles. The van der Waals surface area contributed by atoms with Crippen LogP contribution in [-0.4, -0.2) is 6.04 Å². The summed E-state index contributed by atoms with van der Waals surface area (Å²) >= 11 is 0. The lowest BCUT2D eigenvalue weighted by Gasteiger charge is -2.43. The molecule has 1 nitrogen and oxygen atoms in total. The van der Waals surface area contributed by atoms with Crippen molar-refractivity contribution < 1.29 is 0 Å². The van der Waals surface area contributed by atoms with Crippen molar-refractivity contribution >= 4 is 0 Å². The molecule has 19 heavy (non-hydrogen) atoms. The van der Waals surface area contributed by atoms with Crippen LogP contribution >= 0.6 is 0 Å². The first-order valence-electron chi connectivity index (χ1n) is 7.80. The Hall–Kier alpha value is -0.820. The Morgan fingerprint density at radius 2 is 1.79 bits per heavy atom. The van der Waals surface area contributed by atoms with Crippen LogP contribution in [0.2, 0.25) is 0 Å². The lowest BCUT2D eigenvalue weighted by atomic mass is 9.64. The van der Waals surface area contributed by atoms with Crippen molar-refractivity contribution in [3.63, 3.8) is 0 Å². The Labute approximate surface area is 118 Å². The SMILES string of the molecule is CCc1ccc(C(C)(C)C2CCC(C)CC2N)cc1. The smallest absolute Gasteiger partial charge is 0.00780 e. The van der Waals surface area contributed by atoms with E-state index in [0.717, 1.165) is 12.3 Å². The first-order valence-corrected chi connectivity index (χ1v) is 7.80. The van der Waals surface area contributed by atoms with Crippen LogP contribution in [-0.2, 0) is 11.8 Å². The molecular formula is C18H29N. The maximum Gasteiger partial charge on any atom is 0.00780 e. The lowest BCUT2D eigenvalue weighted by molar-refractivity contribution is 0.171. The number of hydrogen-bond acceptors (Lipinski definition) is 1. The molecule has 1 aliphatic carbocycles. The highest BCUT2D eigenvalue weighted by Crippen LogP contribution is 2.41. The van der Waals surface area contributed by atoms with E-state index in [-0.39, 0.29) is 5.41 Å². The highest BCUT2D eigenvalue weighted by molar-refractivity contribution is 5.29. The fourth-order valence-corrected chi connectivity index (χ4v) is 3.71. The Morgan fingerprint density at radius 1 is 1.16 bits per heavy atom. The fourth-order valence-electron chi connectivity index (χ4n) is 3.71. The van der Waals surface area contributed by atoms with Crippen LogP contribution in [0, 0.1) is 11.8 Å². The Balaban J connectivity index is 2.20. The molecule has 1 aromatic rings. The van der Waals surface area contributed by atoms with E-state index in [2.05, 4.69) is 52.0 Å². The summed E-state index contributed by atoms with van der Waals surface area (Å²) in [5.74, 6) is 1.40. The van der Waals surface area contributed by atoms with Crippen LogP contribution in [0.1, 0.15) is 58.1 Å². The number of benzene rings is 1. The van der Waals surface area contributed by atoms with E-state index >= 15 is 0 Å². The quantitative estimate of drug-likeness (QED) is 0.861. The van der Waals surface area contributed by atoms with Gasteiger partial charge in [-0.2, -0.15) is 0 Å². The molecule has 0 aromatic heterocycles. The van der Waals surface area contributed by atoms with Gasteiger partial charge >= 0.3 is 0 Å². The van der Waals surface area contributed by atoms with E-state index in [4.69, 9.17) is 5.73 Å². The minimum absolute atomic E-state index is 0.186. The Morgan fingerprint density at radius 3 is 2.32 bits per heavy atom. The first kappa shape index (κ1) is 14.6. The molecule has 0 bridgehead atoms. The third-order valence-electron chi connectivity index (χ3n) is 5.20. The Bertz CT molecular complexity index is 404. The van der Waals surface area contributed by atoms with Crippen molar-refractivity contribution in [3.05, 3.63) is 35.4 Å². The molecule has 3 atom stereocenters. The Kier molecular flexibility index (Phi) is 4.35. The standard InChI is InChI=1S/C18H29N/c1-5-14-7-9-15(10-8-14)18(3,4)16-11-6-13(2)12-17(16)19/h7-10,13,16-17H,5-6,11-12,19H2,1-4H3. The second-order valence-electron chi connectivity index (χ2n) is 6.96. The molecule has 3 unspecified atom stereocenters. The van der Waals surface area contributed by atoms with Gasteiger partial charge < -0.3 is 5.73 Å². The first-order chi connectivity index (χ1) is 8.95. The largest absolute Gasteiger partial charge is 0.327 e. The van der Waals surface area contributed by atoms with Crippen molar-refractivity contribution in [2.75, 3.05) is 0 Å². The van der Waals surface area contributed by atoms with E-state index in [9.17, 15) is 0 Å². The third-order valence-corrected chi connectivity index (χ3v) is 5.20. The van der Waals surface area contributed by atoms with Gasteiger partial charge in [0.15, 0.2) is 0 Å². The van der Waals surface area contributed by atoms with Gasteiger partial charge in [0.2, 0.25) is 0 Å². The summed E-state index contributed by atoms with van der Waals surface area (Å²) in [7, 11) is 0. The average molecular weight is 259 g/mol. The predicted octanol–water partition coefficient (Wildman–Crippen LogP) is 4.29. The number of aryl methyl sites for hydroxylation is 1. The molecule has 2 rings (SSSR count). The molecule has 0 heterocycles. The molecule has 2 N–H and O–H groups in total. The van der Waals surface area contributed by atoms with Gasteiger partial charge in [-0.25, -0.2) is 0 Å². The van der Waals surface area contributed by atoms with Gasteiger partial charge in [-0.1, -0.05) is 58.4 Å². The summed E-state index contributed by atoms with van der Waals surface area (Å²) in [6, 6.07) is 9.51. The zero-order chi connectivity index (χ0) is 14.0. The van der Waals surface area contributed by atoms with Gasteiger partial charge in [0.05, 0.1) is 0 Å². The van der Waals surface area contributed by atoms with Gasteiger partial charge in [0, 0.05) is 6.04 Å². The van der Waals surface area contributed by atoms with E-state index in [1.165, 1.54) is 30.4 Å². The van der Waals surface area contributed by atoms with Crippen molar-refractivity contribution in [2.45, 2.75) is 64.8 Å². The molecule has 0 saturated heterocycles. The summed E-state index contributed by atoms with van der Waals surface area (Å²) in [4.78, 5) is 0. The summed E-state index contributed by atoms with van der Waals surface area (Å²) in [6.45, 7) is 9.28. The van der Waals surface area contributed by atoms with Crippen LogP contribution in [0.4, 0.5) is 0 Å². The molecule has 1 fully saturated rings. The maximum atomic E-state index is 6.45. The van der Waals surface area contributed by atoms with Crippen molar-refractivity contribution in [1.82, 2.24) is 0 Å². The summed E-state index contributed by atoms with van der Waals surface area (Å²) in [5, 5.41) is 0. The molecule has 0 radical (unpaired) electrons. The van der Waals surface area contributed by atoms with Gasteiger partial charge in [0.1, 0.15) is 0 Å². The molecular weight excluding hydrogens is 230 g/mol. The lowest BCUT2D eigenvalue weighted by Crippen LogP contribution is -2.45. The molecule has 0 aliphatic heterocycles. The summed E-state index contributed by atoms with van der Waals surface area (Å²) in [6.07, 6.45) is 4.89.